The van der Waals surface area contributed by atoms with Gasteiger partial charge in [-0.2, -0.15) is 0 Å². The molecule has 0 aliphatic rings. The highest BCUT2D eigenvalue weighted by molar-refractivity contribution is 7.92. The van der Waals surface area contributed by atoms with E-state index in [0.717, 1.165) is 4.31 Å². The molecular weight excluding hydrogens is 557 g/mol. The predicted molar refractivity (Wildman–Crippen MR) is 153 cm³/mol. The van der Waals surface area contributed by atoms with Crippen LogP contribution in [0.1, 0.15) is 26.3 Å². The highest BCUT2D eigenvalue weighted by Gasteiger charge is 2.34. The molecule has 0 radical (unpaired) electrons. The second-order valence-corrected chi connectivity index (χ2v) is 11.9. The minimum atomic E-state index is -4.28. The van der Waals surface area contributed by atoms with Gasteiger partial charge in [-0.15, -0.1) is 0 Å². The molecule has 1 atom stereocenters. The van der Waals surface area contributed by atoms with Gasteiger partial charge in [0.25, 0.3) is 10.0 Å². The minimum absolute atomic E-state index is 0.0439. The van der Waals surface area contributed by atoms with Crippen LogP contribution in [-0.4, -0.2) is 51.4 Å². The van der Waals surface area contributed by atoms with Gasteiger partial charge >= 0.3 is 0 Å². The van der Waals surface area contributed by atoms with Crippen molar-refractivity contribution in [2.24, 2.45) is 5.92 Å². The normalized spacial score (nSPS) is 12.1. The molecule has 3 rings (SSSR count). The summed E-state index contributed by atoms with van der Waals surface area (Å²) < 4.78 is 47.7. The highest BCUT2D eigenvalue weighted by Crippen LogP contribution is 2.35. The van der Waals surface area contributed by atoms with Crippen LogP contribution in [0.4, 0.5) is 10.1 Å². The van der Waals surface area contributed by atoms with E-state index >= 15 is 0 Å². The average molecular weight is 590 g/mol. The molecule has 0 aromatic heterocycles. The number of nitrogens with zero attached hydrogens (tertiary/aromatic N) is 2. The molecule has 0 fully saturated rings. The minimum Gasteiger partial charge on any atom is -0.495 e. The second-order valence-electron chi connectivity index (χ2n) is 9.60. The van der Waals surface area contributed by atoms with Gasteiger partial charge in [0.2, 0.25) is 11.8 Å². The largest absolute Gasteiger partial charge is 0.495 e. The quantitative estimate of drug-likeness (QED) is 0.325. The molecule has 0 bridgehead atoms. The fraction of sp³-hybridized carbons (Fsp3) is 0.310. The van der Waals surface area contributed by atoms with Crippen LogP contribution >= 0.6 is 11.6 Å². The number of hydrogen-bond acceptors (Lipinski definition) is 5. The number of hydrogen-bond donors (Lipinski definition) is 1. The Hall–Kier alpha value is -3.63. The molecular formula is C29H33ClFN3O5S. The third-order valence-corrected chi connectivity index (χ3v) is 8.15. The standard InChI is InChI=1S/C29H33ClFN3O5S/c1-20(2)17-32-29(36)21(3)33(18-22-10-13-24(31)14-11-22)28(35)19-34(26-16-23(30)12-15-27(26)39-4)40(37,38)25-8-6-5-7-9-25/h5-16,20-21H,17-19H2,1-4H3,(H,32,36)/t21-/m0/s1. The molecule has 0 aliphatic carbocycles. The number of halogens is 2. The summed E-state index contributed by atoms with van der Waals surface area (Å²) in [7, 11) is -2.90. The van der Waals surface area contributed by atoms with E-state index in [9.17, 15) is 22.4 Å². The smallest absolute Gasteiger partial charge is 0.264 e. The Bertz CT molecular complexity index is 1420. The maximum atomic E-state index is 13.9. The first-order valence-corrected chi connectivity index (χ1v) is 14.5. The van der Waals surface area contributed by atoms with Gasteiger partial charge in [0.05, 0.1) is 17.7 Å². The average Bonchev–Trinajstić information content (AvgIpc) is 2.94. The number of carbonyl (C=O) groups excluding carboxylic acids is 2. The molecule has 0 heterocycles. The van der Waals surface area contributed by atoms with Crippen molar-refractivity contribution in [1.82, 2.24) is 10.2 Å². The Kier molecular flexibility index (Phi) is 10.5. The summed E-state index contributed by atoms with van der Waals surface area (Å²) in [5, 5.41) is 3.05. The highest BCUT2D eigenvalue weighted by atomic mass is 35.5. The predicted octanol–water partition coefficient (Wildman–Crippen LogP) is 4.87. The molecule has 1 N–H and O–H groups in total. The molecule has 8 nitrogen and oxygen atoms in total. The van der Waals surface area contributed by atoms with Crippen LogP contribution < -0.4 is 14.4 Å². The summed E-state index contributed by atoms with van der Waals surface area (Å²) in [6.07, 6.45) is 0. The topological polar surface area (TPSA) is 96.0 Å². The third kappa shape index (κ3) is 7.73. The Labute approximate surface area is 239 Å². The van der Waals surface area contributed by atoms with E-state index in [-0.39, 0.29) is 33.8 Å². The van der Waals surface area contributed by atoms with Crippen LogP contribution in [0.25, 0.3) is 0 Å². The lowest BCUT2D eigenvalue weighted by molar-refractivity contribution is -0.139. The van der Waals surface area contributed by atoms with Gasteiger partial charge in [0.15, 0.2) is 0 Å². The number of carbonyl (C=O) groups is 2. The van der Waals surface area contributed by atoms with Crippen molar-refractivity contribution in [3.8, 4) is 5.75 Å². The molecule has 0 saturated heterocycles. The lowest BCUT2D eigenvalue weighted by Gasteiger charge is -2.32. The summed E-state index contributed by atoms with van der Waals surface area (Å²) in [5.41, 5.74) is 0.627. The first-order chi connectivity index (χ1) is 18.9. The molecule has 40 heavy (non-hydrogen) atoms. The van der Waals surface area contributed by atoms with Crippen LogP contribution in [-0.2, 0) is 26.2 Å². The molecule has 0 aliphatic heterocycles. The van der Waals surface area contributed by atoms with Gasteiger partial charge in [0.1, 0.15) is 24.2 Å². The summed E-state index contributed by atoms with van der Waals surface area (Å²) in [6, 6.07) is 16.7. The van der Waals surface area contributed by atoms with E-state index in [2.05, 4.69) is 5.32 Å². The van der Waals surface area contributed by atoms with Crippen LogP contribution in [0.3, 0.4) is 0 Å². The summed E-state index contributed by atoms with van der Waals surface area (Å²) in [5.74, 6) is -1.14. The first kappa shape index (κ1) is 30.9. The van der Waals surface area contributed by atoms with Crippen molar-refractivity contribution in [2.45, 2.75) is 38.3 Å². The fourth-order valence-corrected chi connectivity index (χ4v) is 5.52. The van der Waals surface area contributed by atoms with E-state index in [1.54, 1.807) is 31.2 Å². The van der Waals surface area contributed by atoms with Crippen molar-refractivity contribution in [3.63, 3.8) is 0 Å². The Balaban J connectivity index is 2.06. The number of nitrogens with one attached hydrogen (secondary N) is 1. The zero-order valence-electron chi connectivity index (χ0n) is 22.8. The molecule has 0 spiro atoms. The van der Waals surface area contributed by atoms with Gasteiger partial charge < -0.3 is 15.0 Å². The van der Waals surface area contributed by atoms with E-state index < -0.39 is 40.2 Å². The number of amides is 2. The van der Waals surface area contributed by atoms with Crippen molar-refractivity contribution >= 4 is 39.1 Å². The van der Waals surface area contributed by atoms with E-state index in [1.807, 2.05) is 13.8 Å². The number of sulfonamides is 1. The number of methoxy groups -OCH3 is 1. The molecule has 0 unspecified atom stereocenters. The van der Waals surface area contributed by atoms with E-state index in [0.29, 0.717) is 12.1 Å². The maximum absolute atomic E-state index is 13.9. The van der Waals surface area contributed by atoms with Crippen molar-refractivity contribution in [3.05, 3.63) is 89.2 Å². The van der Waals surface area contributed by atoms with Crippen molar-refractivity contribution in [2.75, 3.05) is 24.5 Å². The summed E-state index contributed by atoms with van der Waals surface area (Å²) in [4.78, 5) is 28.2. The Morgan fingerprint density at radius 3 is 2.25 bits per heavy atom. The first-order valence-electron chi connectivity index (χ1n) is 12.7. The molecule has 2 amide bonds. The number of rotatable bonds is 12. The zero-order valence-corrected chi connectivity index (χ0v) is 24.4. The Morgan fingerprint density at radius 2 is 1.65 bits per heavy atom. The second kappa shape index (κ2) is 13.6. The van der Waals surface area contributed by atoms with Crippen LogP contribution in [0, 0.1) is 11.7 Å². The lowest BCUT2D eigenvalue weighted by Crippen LogP contribution is -2.51. The number of benzene rings is 3. The van der Waals surface area contributed by atoms with Crippen LogP contribution in [0.5, 0.6) is 5.75 Å². The maximum Gasteiger partial charge on any atom is 0.264 e. The number of anilines is 1. The molecule has 214 valence electrons. The summed E-state index contributed by atoms with van der Waals surface area (Å²) >= 11 is 6.23. The molecule has 0 saturated carbocycles. The fourth-order valence-electron chi connectivity index (χ4n) is 3.91. The Morgan fingerprint density at radius 1 is 1.00 bits per heavy atom. The van der Waals surface area contributed by atoms with Crippen molar-refractivity contribution < 1.29 is 27.1 Å². The van der Waals surface area contributed by atoms with Gasteiger partial charge in [-0.3, -0.25) is 13.9 Å². The zero-order chi connectivity index (χ0) is 29.4. The van der Waals surface area contributed by atoms with Gasteiger partial charge in [-0.1, -0.05) is 55.8 Å². The van der Waals surface area contributed by atoms with E-state index in [1.165, 1.54) is 60.5 Å². The molecule has 11 heteroatoms. The molecule has 3 aromatic rings. The third-order valence-electron chi connectivity index (χ3n) is 6.14. The van der Waals surface area contributed by atoms with Gasteiger partial charge in [-0.25, -0.2) is 12.8 Å². The van der Waals surface area contributed by atoms with Crippen molar-refractivity contribution in [1.29, 1.82) is 0 Å². The van der Waals surface area contributed by atoms with Gasteiger partial charge in [0, 0.05) is 18.1 Å². The van der Waals surface area contributed by atoms with E-state index in [4.69, 9.17) is 16.3 Å². The lowest BCUT2D eigenvalue weighted by atomic mass is 10.1. The monoisotopic (exact) mass is 589 g/mol. The summed E-state index contributed by atoms with van der Waals surface area (Å²) in [6.45, 7) is 5.13. The van der Waals surface area contributed by atoms with Gasteiger partial charge in [-0.05, 0) is 60.9 Å². The molecule has 3 aromatic carbocycles. The van der Waals surface area contributed by atoms with Crippen LogP contribution in [0.15, 0.2) is 77.7 Å². The number of ether oxygens (including phenoxy) is 1. The van der Waals surface area contributed by atoms with Crippen LogP contribution in [0.2, 0.25) is 5.02 Å². The SMILES string of the molecule is COc1ccc(Cl)cc1N(CC(=O)N(Cc1ccc(F)cc1)[C@@H](C)C(=O)NCC(C)C)S(=O)(=O)c1ccccc1.